The Hall–Kier alpha value is -2.54. The van der Waals surface area contributed by atoms with E-state index in [1.165, 1.54) is 5.56 Å². The maximum Gasteiger partial charge on any atom is 0.191 e. The van der Waals surface area contributed by atoms with Crippen molar-refractivity contribution in [1.82, 2.24) is 20.2 Å². The summed E-state index contributed by atoms with van der Waals surface area (Å²) in [5, 5.41) is 6.70. The highest BCUT2D eigenvalue weighted by atomic mass is 16.5. The van der Waals surface area contributed by atoms with Crippen molar-refractivity contribution in [3.8, 4) is 5.75 Å². The van der Waals surface area contributed by atoms with Gasteiger partial charge in [0.2, 0.25) is 0 Å². The lowest BCUT2D eigenvalue weighted by Gasteiger charge is -2.16. The molecule has 2 rings (SSSR count). The van der Waals surface area contributed by atoms with E-state index in [9.17, 15) is 0 Å². The van der Waals surface area contributed by atoms with Gasteiger partial charge < -0.3 is 24.7 Å². The molecule has 0 atom stereocenters. The number of hydrogen-bond donors (Lipinski definition) is 2. The molecule has 0 amide bonds. The molecule has 0 spiro atoms. The maximum atomic E-state index is 5.92. The first-order chi connectivity index (χ1) is 14.0. The van der Waals surface area contributed by atoms with Crippen LogP contribution in [0, 0.1) is 12.8 Å². The summed E-state index contributed by atoms with van der Waals surface area (Å²) in [6, 6.07) is 6.23. The smallest absolute Gasteiger partial charge is 0.191 e. The van der Waals surface area contributed by atoms with Gasteiger partial charge in [-0.1, -0.05) is 26.0 Å². The van der Waals surface area contributed by atoms with Crippen molar-refractivity contribution in [2.24, 2.45) is 10.9 Å². The fourth-order valence-electron chi connectivity index (χ4n) is 2.93. The summed E-state index contributed by atoms with van der Waals surface area (Å²) in [6.45, 7) is 12.5. The van der Waals surface area contributed by atoms with Crippen LogP contribution in [0.2, 0.25) is 0 Å². The molecule has 7 nitrogen and oxygen atoms in total. The SMILES string of the molecule is CCOCCOc1cc(C)ccc1CNC(=NC)NCc1nccn1CC(C)C. The Balaban J connectivity index is 1.91. The molecular weight excluding hydrogens is 366 g/mol. The Morgan fingerprint density at radius 3 is 2.72 bits per heavy atom. The molecule has 7 heteroatoms. The summed E-state index contributed by atoms with van der Waals surface area (Å²) in [6.07, 6.45) is 3.86. The summed E-state index contributed by atoms with van der Waals surface area (Å²) in [4.78, 5) is 8.78. The Bertz CT molecular complexity index is 770. The van der Waals surface area contributed by atoms with Gasteiger partial charge in [0, 0.05) is 44.7 Å². The second kappa shape index (κ2) is 12.1. The van der Waals surface area contributed by atoms with E-state index in [4.69, 9.17) is 9.47 Å². The zero-order chi connectivity index (χ0) is 21.1. The molecule has 0 aliphatic rings. The minimum Gasteiger partial charge on any atom is -0.491 e. The minimum absolute atomic E-state index is 0.537. The zero-order valence-electron chi connectivity index (χ0n) is 18.4. The van der Waals surface area contributed by atoms with Gasteiger partial charge in [0.25, 0.3) is 0 Å². The molecule has 1 heterocycles. The van der Waals surface area contributed by atoms with Gasteiger partial charge in [0.1, 0.15) is 18.2 Å². The van der Waals surface area contributed by atoms with Crippen molar-refractivity contribution in [2.45, 2.75) is 47.3 Å². The third-order valence-electron chi connectivity index (χ3n) is 4.36. The van der Waals surface area contributed by atoms with E-state index < -0.39 is 0 Å². The van der Waals surface area contributed by atoms with Gasteiger partial charge in [0.15, 0.2) is 5.96 Å². The largest absolute Gasteiger partial charge is 0.491 e. The van der Waals surface area contributed by atoms with E-state index in [-0.39, 0.29) is 0 Å². The number of guanidine groups is 1. The van der Waals surface area contributed by atoms with Crippen molar-refractivity contribution in [2.75, 3.05) is 26.9 Å². The van der Waals surface area contributed by atoms with Gasteiger partial charge in [-0.15, -0.1) is 0 Å². The summed E-state index contributed by atoms with van der Waals surface area (Å²) in [5.74, 6) is 3.17. The first kappa shape index (κ1) is 22.7. The number of imidazole rings is 1. The molecule has 0 radical (unpaired) electrons. The molecule has 2 aromatic rings. The number of benzene rings is 1. The number of aliphatic imine (C=N–C) groups is 1. The Labute approximate surface area is 174 Å². The molecule has 0 bridgehead atoms. The molecular formula is C22H35N5O2. The van der Waals surface area contributed by atoms with Crippen molar-refractivity contribution in [3.05, 3.63) is 47.5 Å². The van der Waals surface area contributed by atoms with Crippen LogP contribution in [-0.4, -0.2) is 42.4 Å². The maximum absolute atomic E-state index is 5.92. The molecule has 0 fully saturated rings. The molecule has 2 N–H and O–H groups in total. The molecule has 1 aromatic heterocycles. The van der Waals surface area contributed by atoms with Crippen LogP contribution >= 0.6 is 0 Å². The molecule has 1 aromatic carbocycles. The van der Waals surface area contributed by atoms with E-state index in [2.05, 4.69) is 64.1 Å². The number of nitrogens with zero attached hydrogens (tertiary/aromatic N) is 3. The van der Waals surface area contributed by atoms with Gasteiger partial charge in [0.05, 0.1) is 13.2 Å². The fraction of sp³-hybridized carbons (Fsp3) is 0.545. The van der Waals surface area contributed by atoms with Crippen LogP contribution in [-0.2, 0) is 24.4 Å². The topological polar surface area (TPSA) is 72.7 Å². The number of rotatable bonds is 11. The summed E-state index contributed by atoms with van der Waals surface area (Å²) in [5.41, 5.74) is 2.25. The lowest BCUT2D eigenvalue weighted by Crippen LogP contribution is -2.37. The highest BCUT2D eigenvalue weighted by Crippen LogP contribution is 2.20. The minimum atomic E-state index is 0.537. The van der Waals surface area contributed by atoms with Crippen molar-refractivity contribution < 1.29 is 9.47 Å². The van der Waals surface area contributed by atoms with Crippen LogP contribution < -0.4 is 15.4 Å². The van der Waals surface area contributed by atoms with Gasteiger partial charge in [-0.05, 0) is 31.4 Å². The first-order valence-electron chi connectivity index (χ1n) is 10.3. The molecule has 29 heavy (non-hydrogen) atoms. The molecule has 0 saturated heterocycles. The van der Waals surface area contributed by atoms with Gasteiger partial charge >= 0.3 is 0 Å². The number of ether oxygens (including phenoxy) is 2. The quantitative estimate of drug-likeness (QED) is 0.344. The lowest BCUT2D eigenvalue weighted by molar-refractivity contribution is 0.110. The average Bonchev–Trinajstić information content (AvgIpc) is 3.13. The summed E-state index contributed by atoms with van der Waals surface area (Å²) < 4.78 is 13.5. The number of aromatic nitrogens is 2. The lowest BCUT2D eigenvalue weighted by atomic mass is 10.1. The second-order valence-corrected chi connectivity index (χ2v) is 7.33. The number of hydrogen-bond acceptors (Lipinski definition) is 4. The normalized spacial score (nSPS) is 11.7. The van der Waals surface area contributed by atoms with Crippen LogP contribution in [0.15, 0.2) is 35.6 Å². The molecule has 160 valence electrons. The van der Waals surface area contributed by atoms with Crippen LogP contribution in [0.1, 0.15) is 37.7 Å². The van der Waals surface area contributed by atoms with Crippen LogP contribution in [0.25, 0.3) is 0 Å². The fourth-order valence-corrected chi connectivity index (χ4v) is 2.93. The second-order valence-electron chi connectivity index (χ2n) is 7.33. The highest BCUT2D eigenvalue weighted by Gasteiger charge is 2.08. The summed E-state index contributed by atoms with van der Waals surface area (Å²) >= 11 is 0. The number of aryl methyl sites for hydroxylation is 1. The van der Waals surface area contributed by atoms with Crippen molar-refractivity contribution in [3.63, 3.8) is 0 Å². The molecule has 0 unspecified atom stereocenters. The standard InChI is InChI=1S/C22H35N5O2/c1-6-28-11-12-29-20-13-18(4)7-8-19(20)14-25-22(23-5)26-15-21-24-9-10-27(21)16-17(2)3/h7-10,13,17H,6,11-12,14-16H2,1-5H3,(H2,23,25,26). The van der Waals surface area contributed by atoms with E-state index in [1.54, 1.807) is 7.05 Å². The van der Waals surface area contributed by atoms with Gasteiger partial charge in [-0.25, -0.2) is 4.98 Å². The third kappa shape index (κ3) is 7.77. The third-order valence-corrected chi connectivity index (χ3v) is 4.36. The van der Waals surface area contributed by atoms with Crippen molar-refractivity contribution in [1.29, 1.82) is 0 Å². The average molecular weight is 402 g/mol. The molecule has 0 aliphatic carbocycles. The highest BCUT2D eigenvalue weighted by molar-refractivity contribution is 5.79. The van der Waals surface area contributed by atoms with Crippen molar-refractivity contribution >= 4 is 5.96 Å². The van der Waals surface area contributed by atoms with E-state index >= 15 is 0 Å². The molecule has 0 aliphatic heterocycles. The molecule has 0 saturated carbocycles. The van der Waals surface area contributed by atoms with E-state index in [0.717, 1.165) is 29.6 Å². The number of nitrogens with one attached hydrogen (secondary N) is 2. The van der Waals surface area contributed by atoms with Gasteiger partial charge in [-0.3, -0.25) is 4.99 Å². The van der Waals surface area contributed by atoms with Crippen LogP contribution in [0.3, 0.4) is 0 Å². The monoisotopic (exact) mass is 401 g/mol. The Morgan fingerprint density at radius 2 is 2.00 bits per heavy atom. The zero-order valence-corrected chi connectivity index (χ0v) is 18.4. The Morgan fingerprint density at radius 1 is 1.21 bits per heavy atom. The van der Waals surface area contributed by atoms with E-state index in [0.29, 0.717) is 38.8 Å². The van der Waals surface area contributed by atoms with Crippen LogP contribution in [0.4, 0.5) is 0 Å². The Kier molecular flexibility index (Phi) is 9.50. The van der Waals surface area contributed by atoms with Gasteiger partial charge in [-0.2, -0.15) is 0 Å². The predicted octanol–water partition coefficient (Wildman–Crippen LogP) is 3.13. The van der Waals surface area contributed by atoms with Crippen LogP contribution in [0.5, 0.6) is 5.75 Å². The first-order valence-corrected chi connectivity index (χ1v) is 10.3. The predicted molar refractivity (Wildman–Crippen MR) is 117 cm³/mol. The summed E-state index contributed by atoms with van der Waals surface area (Å²) in [7, 11) is 1.77. The van der Waals surface area contributed by atoms with E-state index in [1.807, 2.05) is 19.3 Å².